The SMILES string of the molecule is O=C1CCCC2=C1C(c1ccc(F)c(Br)c1)C1SCCCC1=N2. The molecule has 0 saturated carbocycles. The number of carbonyl (C=O) groups excluding carboxylic acids is 1. The highest BCUT2D eigenvalue weighted by Gasteiger charge is 2.41. The number of hydrogen-bond acceptors (Lipinski definition) is 3. The molecule has 2 atom stereocenters. The molecule has 1 aromatic carbocycles. The Morgan fingerprint density at radius 3 is 2.91 bits per heavy atom. The van der Waals surface area contributed by atoms with Crippen molar-refractivity contribution in [2.24, 2.45) is 4.99 Å². The largest absolute Gasteiger partial charge is 0.294 e. The smallest absolute Gasteiger partial charge is 0.161 e. The maximum Gasteiger partial charge on any atom is 0.161 e. The first-order chi connectivity index (χ1) is 11.1. The Hall–Kier alpha value is -0.940. The van der Waals surface area contributed by atoms with Gasteiger partial charge in [-0.1, -0.05) is 6.07 Å². The molecular formula is C18H17BrFNOS. The number of ketones is 1. The van der Waals surface area contributed by atoms with Crippen LogP contribution in [0.1, 0.15) is 43.6 Å². The number of allylic oxidation sites excluding steroid dienone is 2. The van der Waals surface area contributed by atoms with E-state index in [0.717, 1.165) is 48.3 Å². The van der Waals surface area contributed by atoms with Gasteiger partial charge in [0.1, 0.15) is 5.82 Å². The minimum Gasteiger partial charge on any atom is -0.294 e. The highest BCUT2D eigenvalue weighted by molar-refractivity contribution is 9.10. The lowest BCUT2D eigenvalue weighted by atomic mass is 9.76. The Bertz CT molecular complexity index is 743. The molecule has 0 amide bonds. The van der Waals surface area contributed by atoms with Gasteiger partial charge >= 0.3 is 0 Å². The number of fused-ring (bicyclic) bond motifs is 1. The first-order valence-electron chi connectivity index (χ1n) is 8.05. The van der Waals surface area contributed by atoms with Crippen molar-refractivity contribution >= 4 is 39.2 Å². The summed E-state index contributed by atoms with van der Waals surface area (Å²) in [7, 11) is 0. The zero-order valence-corrected chi connectivity index (χ0v) is 15.1. The molecule has 2 aliphatic heterocycles. The zero-order valence-electron chi connectivity index (χ0n) is 12.6. The van der Waals surface area contributed by atoms with Crippen molar-refractivity contribution in [3.8, 4) is 0 Å². The Balaban J connectivity index is 1.86. The maximum absolute atomic E-state index is 13.7. The van der Waals surface area contributed by atoms with E-state index in [1.54, 1.807) is 0 Å². The fourth-order valence-electron chi connectivity index (χ4n) is 3.80. The van der Waals surface area contributed by atoms with Crippen LogP contribution in [0.5, 0.6) is 0 Å². The average Bonchev–Trinajstić information content (AvgIpc) is 2.56. The number of thioether (sulfide) groups is 1. The zero-order chi connectivity index (χ0) is 16.0. The van der Waals surface area contributed by atoms with Crippen molar-refractivity contribution in [3.05, 3.63) is 45.3 Å². The van der Waals surface area contributed by atoms with Gasteiger partial charge in [-0.25, -0.2) is 4.39 Å². The van der Waals surface area contributed by atoms with Crippen molar-refractivity contribution in [2.75, 3.05) is 5.75 Å². The molecule has 0 aromatic heterocycles. The summed E-state index contributed by atoms with van der Waals surface area (Å²) in [5.74, 6) is 1.08. The van der Waals surface area contributed by atoms with Crippen LogP contribution in [-0.2, 0) is 4.79 Å². The second-order valence-electron chi connectivity index (χ2n) is 6.29. The number of hydrogen-bond donors (Lipinski definition) is 0. The van der Waals surface area contributed by atoms with Gasteiger partial charge in [0.25, 0.3) is 0 Å². The first kappa shape index (κ1) is 15.6. The van der Waals surface area contributed by atoms with E-state index < -0.39 is 0 Å². The van der Waals surface area contributed by atoms with Crippen LogP contribution in [0.3, 0.4) is 0 Å². The number of rotatable bonds is 1. The number of carbonyl (C=O) groups is 1. The Kier molecular flexibility index (Phi) is 4.18. The van der Waals surface area contributed by atoms with E-state index in [4.69, 9.17) is 4.99 Å². The van der Waals surface area contributed by atoms with Crippen molar-refractivity contribution in [1.82, 2.24) is 0 Å². The van der Waals surface area contributed by atoms with Gasteiger partial charge in [-0.05, 0) is 65.1 Å². The second-order valence-corrected chi connectivity index (χ2v) is 8.39. The van der Waals surface area contributed by atoms with Gasteiger partial charge in [0.15, 0.2) is 5.78 Å². The molecule has 2 nitrogen and oxygen atoms in total. The minimum atomic E-state index is -0.265. The standard InChI is InChI=1S/C18H17BrFNOS/c19-11-9-10(6-7-12(11)20)16-17-13(3-1-5-15(17)22)21-14-4-2-8-23-18(14)16/h6-7,9,16,18H,1-5,8H2. The van der Waals surface area contributed by atoms with Gasteiger partial charge in [0.05, 0.1) is 9.72 Å². The number of nitrogens with zero attached hydrogens (tertiary/aromatic N) is 1. The van der Waals surface area contributed by atoms with Crippen LogP contribution in [0.2, 0.25) is 0 Å². The molecule has 0 radical (unpaired) electrons. The summed E-state index contributed by atoms with van der Waals surface area (Å²) in [6.07, 6.45) is 4.56. The minimum absolute atomic E-state index is 0.0208. The third kappa shape index (κ3) is 2.72. The van der Waals surface area contributed by atoms with Crippen LogP contribution >= 0.6 is 27.7 Å². The van der Waals surface area contributed by atoms with E-state index in [9.17, 15) is 9.18 Å². The summed E-state index contributed by atoms with van der Waals surface area (Å²) in [5, 5.41) is 0.224. The number of benzene rings is 1. The molecule has 0 N–H and O–H groups in total. The molecule has 0 bridgehead atoms. The Labute approximate surface area is 147 Å². The number of halogens is 2. The quantitative estimate of drug-likeness (QED) is 0.669. The maximum atomic E-state index is 13.7. The third-order valence-corrected chi connectivity index (χ3v) is 6.86. The molecule has 23 heavy (non-hydrogen) atoms. The highest BCUT2D eigenvalue weighted by Crippen LogP contribution is 2.47. The summed E-state index contributed by atoms with van der Waals surface area (Å²) in [5.41, 5.74) is 4.12. The average molecular weight is 394 g/mol. The van der Waals surface area contributed by atoms with Gasteiger partial charge in [-0.15, -0.1) is 0 Å². The van der Waals surface area contributed by atoms with E-state index in [2.05, 4.69) is 15.9 Å². The van der Waals surface area contributed by atoms with E-state index >= 15 is 0 Å². The van der Waals surface area contributed by atoms with E-state index in [1.807, 2.05) is 23.9 Å². The molecule has 5 heteroatoms. The van der Waals surface area contributed by atoms with Gasteiger partial charge in [0.2, 0.25) is 0 Å². The molecule has 120 valence electrons. The van der Waals surface area contributed by atoms with Gasteiger partial charge in [0, 0.05) is 29.3 Å². The van der Waals surface area contributed by atoms with Gasteiger partial charge in [-0.3, -0.25) is 9.79 Å². The molecule has 4 rings (SSSR count). The topological polar surface area (TPSA) is 29.4 Å². The predicted molar refractivity (Wildman–Crippen MR) is 95.6 cm³/mol. The van der Waals surface area contributed by atoms with E-state index in [0.29, 0.717) is 10.9 Å². The molecule has 3 aliphatic rings. The predicted octanol–water partition coefficient (Wildman–Crippen LogP) is 5.03. The lowest BCUT2D eigenvalue weighted by molar-refractivity contribution is -0.116. The second kappa shape index (κ2) is 6.17. The lowest BCUT2D eigenvalue weighted by Crippen LogP contribution is -2.36. The van der Waals surface area contributed by atoms with Crippen molar-refractivity contribution < 1.29 is 9.18 Å². The van der Waals surface area contributed by atoms with Crippen LogP contribution in [0, 0.1) is 5.82 Å². The van der Waals surface area contributed by atoms with Crippen LogP contribution in [0.4, 0.5) is 4.39 Å². The summed E-state index contributed by atoms with van der Waals surface area (Å²) in [6, 6.07) is 5.16. The Morgan fingerprint density at radius 2 is 2.09 bits per heavy atom. The molecule has 0 spiro atoms. The lowest BCUT2D eigenvalue weighted by Gasteiger charge is -2.38. The highest BCUT2D eigenvalue weighted by atomic mass is 79.9. The van der Waals surface area contributed by atoms with Gasteiger partial charge in [-0.2, -0.15) is 11.8 Å². The first-order valence-corrected chi connectivity index (χ1v) is 9.89. The Morgan fingerprint density at radius 1 is 1.22 bits per heavy atom. The van der Waals surface area contributed by atoms with Gasteiger partial charge < -0.3 is 0 Å². The van der Waals surface area contributed by atoms with E-state index in [-0.39, 0.29) is 22.8 Å². The summed E-state index contributed by atoms with van der Waals surface area (Å²) >= 11 is 5.18. The van der Waals surface area contributed by atoms with E-state index in [1.165, 1.54) is 11.8 Å². The van der Waals surface area contributed by atoms with Crippen LogP contribution in [0.25, 0.3) is 0 Å². The molecule has 1 saturated heterocycles. The van der Waals surface area contributed by atoms with Crippen LogP contribution in [0.15, 0.2) is 38.9 Å². The molecule has 2 heterocycles. The van der Waals surface area contributed by atoms with Crippen molar-refractivity contribution in [3.63, 3.8) is 0 Å². The number of aliphatic imine (C=N–C) groups is 1. The molecule has 2 unspecified atom stereocenters. The monoisotopic (exact) mass is 393 g/mol. The van der Waals surface area contributed by atoms with Crippen molar-refractivity contribution in [1.29, 1.82) is 0 Å². The molecule has 1 aromatic rings. The molecule has 1 aliphatic carbocycles. The number of Topliss-reactive ketones (excluding diaryl/α,β-unsaturated/α-hetero) is 1. The summed E-state index contributed by atoms with van der Waals surface area (Å²) in [4.78, 5) is 17.5. The fraction of sp³-hybridized carbons (Fsp3) is 0.444. The summed E-state index contributed by atoms with van der Waals surface area (Å²) in [6.45, 7) is 0. The molecule has 1 fully saturated rings. The van der Waals surface area contributed by atoms with Crippen LogP contribution < -0.4 is 0 Å². The third-order valence-electron chi connectivity index (χ3n) is 4.83. The fourth-order valence-corrected chi connectivity index (χ4v) is 5.61. The molecular weight excluding hydrogens is 377 g/mol. The van der Waals surface area contributed by atoms with Crippen molar-refractivity contribution in [2.45, 2.75) is 43.3 Å². The van der Waals surface area contributed by atoms with Crippen LogP contribution in [-0.4, -0.2) is 22.5 Å². The summed E-state index contributed by atoms with van der Waals surface area (Å²) < 4.78 is 14.1. The normalized spacial score (nSPS) is 27.4.